The molecule has 1 saturated carbocycles. The predicted molar refractivity (Wildman–Crippen MR) is 175 cm³/mol. The van der Waals surface area contributed by atoms with Gasteiger partial charge in [0.25, 0.3) is 0 Å². The number of piperazine rings is 1. The fourth-order valence-corrected chi connectivity index (χ4v) is 10.8. The molecule has 10 nitrogen and oxygen atoms in total. The topological polar surface area (TPSA) is 109 Å². The van der Waals surface area contributed by atoms with Gasteiger partial charge in [-0.15, -0.1) is 0 Å². The number of hydrogen-bond donors (Lipinski definition) is 4. The average molecular weight is 666 g/mol. The van der Waals surface area contributed by atoms with Gasteiger partial charge in [0.1, 0.15) is 12.3 Å². The first kappa shape index (κ1) is 33.9. The van der Waals surface area contributed by atoms with Crippen LogP contribution < -0.4 is 21.3 Å². The Kier molecular flexibility index (Phi) is 10.5. The number of urea groups is 1. The van der Waals surface area contributed by atoms with Crippen molar-refractivity contribution in [3.8, 4) is 0 Å². The second-order valence-corrected chi connectivity index (χ2v) is 16.0. The van der Waals surface area contributed by atoms with Crippen LogP contribution in [-0.2, 0) is 9.59 Å². The highest BCUT2D eigenvalue weighted by Crippen LogP contribution is 2.44. The van der Waals surface area contributed by atoms with Gasteiger partial charge in [0, 0.05) is 61.3 Å². The van der Waals surface area contributed by atoms with Gasteiger partial charge in [-0.05, 0) is 69.7 Å². The minimum Gasteiger partial charge on any atom is -0.351 e. The summed E-state index contributed by atoms with van der Waals surface area (Å²) in [5.41, 5.74) is 0. The molecule has 2 bridgehead atoms. The smallest absolute Gasteiger partial charge is 0.320 e. The number of halogens is 2. The minimum atomic E-state index is -1.28. The summed E-state index contributed by atoms with van der Waals surface area (Å²) in [5.74, 6) is -0.0982. The fraction of sp³-hybridized carbons (Fsp3) is 0.848. The van der Waals surface area contributed by atoms with E-state index in [4.69, 9.17) is 0 Å². The zero-order chi connectivity index (χ0) is 32.7. The molecule has 6 fully saturated rings. The normalized spacial score (nSPS) is 42.7. The van der Waals surface area contributed by atoms with E-state index < -0.39 is 36.6 Å². The predicted octanol–water partition coefficient (Wildman–Crippen LogP) is 2.60. The second-order valence-electron chi connectivity index (χ2n) is 14.6. The molecular formula is C33H53F2N7O3S. The van der Waals surface area contributed by atoms with E-state index in [1.165, 1.54) is 6.08 Å². The maximum absolute atomic E-state index is 16.7. The number of piperidine rings is 2. The Morgan fingerprint density at radius 2 is 1.87 bits per heavy atom. The molecular weight excluding hydrogens is 612 g/mol. The molecule has 0 aromatic heterocycles. The zero-order valence-corrected chi connectivity index (χ0v) is 28.3. The molecule has 5 saturated heterocycles. The van der Waals surface area contributed by atoms with Crippen molar-refractivity contribution in [2.24, 2.45) is 17.8 Å². The van der Waals surface area contributed by atoms with E-state index in [0.29, 0.717) is 51.9 Å². The highest BCUT2D eigenvalue weighted by Gasteiger charge is 2.57. The van der Waals surface area contributed by atoms with Crippen molar-refractivity contribution in [1.29, 1.82) is 0 Å². The van der Waals surface area contributed by atoms with E-state index in [-0.39, 0.29) is 65.5 Å². The SMILES string of the molecule is C=CC(=O)N1CCN(C2NC(=O)N3C4NC(C(F)CC42)C2C(F)CCCC2SCCCC(=O)NC2CCNC(C(C)C)C23)[C@H](C)C1. The van der Waals surface area contributed by atoms with Gasteiger partial charge in [0.05, 0.1) is 24.4 Å². The molecule has 0 spiro atoms. The molecule has 1 aliphatic carbocycles. The first-order valence-electron chi connectivity index (χ1n) is 17.5. The van der Waals surface area contributed by atoms with Gasteiger partial charge in [-0.25, -0.2) is 13.6 Å². The van der Waals surface area contributed by atoms with Crippen molar-refractivity contribution in [3.63, 3.8) is 0 Å². The average Bonchev–Trinajstić information content (AvgIpc) is 3.02. The highest BCUT2D eigenvalue weighted by molar-refractivity contribution is 7.99. The van der Waals surface area contributed by atoms with Crippen LogP contribution in [0.3, 0.4) is 0 Å². The lowest BCUT2D eigenvalue weighted by Crippen LogP contribution is -2.81. The molecule has 12 atom stereocenters. The number of carbonyl (C=O) groups is 3. The summed E-state index contributed by atoms with van der Waals surface area (Å²) >= 11 is 1.68. The van der Waals surface area contributed by atoms with Gasteiger partial charge in [0.15, 0.2) is 0 Å². The van der Waals surface area contributed by atoms with Crippen LogP contribution in [0.25, 0.3) is 0 Å². The summed E-state index contributed by atoms with van der Waals surface area (Å²) in [6.07, 6.45) is 1.82. The summed E-state index contributed by atoms with van der Waals surface area (Å²) in [6.45, 7) is 12.1. The van der Waals surface area contributed by atoms with E-state index in [2.05, 4.69) is 46.6 Å². The van der Waals surface area contributed by atoms with Crippen LogP contribution in [-0.4, -0.2) is 125 Å². The molecule has 258 valence electrons. The van der Waals surface area contributed by atoms with E-state index >= 15 is 8.78 Å². The van der Waals surface area contributed by atoms with Crippen molar-refractivity contribution in [3.05, 3.63) is 12.7 Å². The first-order valence-corrected chi connectivity index (χ1v) is 18.6. The third kappa shape index (κ3) is 6.54. The number of nitrogens with one attached hydrogen (secondary N) is 4. The number of rotatable bonds is 3. The molecule has 4 amide bonds. The Hall–Kier alpha value is -1.96. The second kappa shape index (κ2) is 14.3. The van der Waals surface area contributed by atoms with Gasteiger partial charge in [-0.2, -0.15) is 11.8 Å². The number of fused-ring (bicyclic) bond motifs is 5. The molecule has 13 heteroatoms. The van der Waals surface area contributed by atoms with Crippen LogP contribution in [0.5, 0.6) is 0 Å². The molecule has 6 aliphatic rings. The van der Waals surface area contributed by atoms with E-state index in [1.807, 2.05) is 11.8 Å². The first-order chi connectivity index (χ1) is 22.1. The van der Waals surface area contributed by atoms with Crippen molar-refractivity contribution >= 4 is 29.6 Å². The van der Waals surface area contributed by atoms with Gasteiger partial charge in [0.2, 0.25) is 11.8 Å². The van der Waals surface area contributed by atoms with Gasteiger partial charge in [-0.1, -0.05) is 20.4 Å². The van der Waals surface area contributed by atoms with Crippen LogP contribution in [0.15, 0.2) is 12.7 Å². The number of carbonyl (C=O) groups excluding carboxylic acids is 3. The van der Waals surface area contributed by atoms with Crippen LogP contribution >= 0.6 is 11.8 Å². The van der Waals surface area contributed by atoms with E-state index in [1.54, 1.807) is 16.7 Å². The molecule has 5 aliphatic heterocycles. The standard InChI is InChI=1S/C33H53F2N7O3S/c1-5-26(44)40-13-14-41(19(4)17-40)31-20-16-22(35)29-27-21(34)8-6-9-24(27)46-15-7-10-25(43)37-23-11-12-36-28(18(2)3)30(23)42(32(20)38-29)33(45)39-31/h5,18-24,27-32,36,38H,1,6-17H2,2-4H3,(H,37,43)(H,39,45)/t19-,20?,21?,22?,23?,24?,27?,28?,29?,30?,31?,32?/m1/s1. The summed E-state index contributed by atoms with van der Waals surface area (Å²) in [6, 6.07) is -1.80. The molecule has 0 aromatic rings. The Bertz CT molecular complexity index is 1150. The Morgan fingerprint density at radius 1 is 1.07 bits per heavy atom. The quantitative estimate of drug-likeness (QED) is 0.344. The monoisotopic (exact) mass is 665 g/mol. The van der Waals surface area contributed by atoms with Crippen molar-refractivity contribution in [2.45, 2.75) is 126 Å². The van der Waals surface area contributed by atoms with Gasteiger partial charge >= 0.3 is 6.03 Å². The molecule has 4 N–H and O–H groups in total. The lowest BCUT2D eigenvalue weighted by molar-refractivity contribution is -0.132. The number of thioether (sulfide) groups is 1. The Labute approximate surface area is 276 Å². The highest BCUT2D eigenvalue weighted by atomic mass is 32.2. The van der Waals surface area contributed by atoms with Gasteiger partial charge in [-0.3, -0.25) is 19.8 Å². The van der Waals surface area contributed by atoms with Crippen molar-refractivity contribution in [2.75, 3.05) is 31.9 Å². The zero-order valence-electron chi connectivity index (χ0n) is 27.5. The molecule has 5 heterocycles. The Morgan fingerprint density at radius 3 is 2.61 bits per heavy atom. The molecule has 46 heavy (non-hydrogen) atoms. The lowest BCUT2D eigenvalue weighted by atomic mass is 9.74. The Balaban J connectivity index is 1.39. The summed E-state index contributed by atoms with van der Waals surface area (Å²) in [7, 11) is 0. The van der Waals surface area contributed by atoms with Gasteiger partial charge < -0.3 is 25.8 Å². The van der Waals surface area contributed by atoms with Crippen LogP contribution in [0.2, 0.25) is 0 Å². The number of amides is 4. The van der Waals surface area contributed by atoms with Crippen molar-refractivity contribution < 1.29 is 23.2 Å². The third-order valence-corrected chi connectivity index (χ3v) is 13.0. The largest absolute Gasteiger partial charge is 0.351 e. The van der Waals surface area contributed by atoms with E-state index in [9.17, 15) is 14.4 Å². The lowest BCUT2D eigenvalue weighted by Gasteiger charge is -2.60. The summed E-state index contributed by atoms with van der Waals surface area (Å²) < 4.78 is 32.6. The minimum absolute atomic E-state index is 0.0217. The van der Waals surface area contributed by atoms with E-state index in [0.717, 1.165) is 18.6 Å². The molecule has 0 radical (unpaired) electrons. The summed E-state index contributed by atoms with van der Waals surface area (Å²) in [5, 5.41) is 13.8. The third-order valence-electron chi connectivity index (χ3n) is 11.5. The summed E-state index contributed by atoms with van der Waals surface area (Å²) in [4.78, 5) is 46.0. The molecule has 0 aromatic carbocycles. The maximum atomic E-state index is 16.7. The number of hydrogen-bond acceptors (Lipinski definition) is 7. The number of nitrogens with zero attached hydrogens (tertiary/aromatic N) is 3. The van der Waals surface area contributed by atoms with Crippen molar-refractivity contribution in [1.82, 2.24) is 36.0 Å². The van der Waals surface area contributed by atoms with Crippen LogP contribution in [0.1, 0.15) is 65.7 Å². The fourth-order valence-electron chi connectivity index (χ4n) is 9.33. The van der Waals surface area contributed by atoms with Crippen LogP contribution in [0, 0.1) is 17.8 Å². The van der Waals surface area contributed by atoms with Crippen LogP contribution in [0.4, 0.5) is 13.6 Å². The maximum Gasteiger partial charge on any atom is 0.320 e. The molecule has 11 unspecified atom stereocenters. The number of alkyl halides is 2. The molecule has 6 rings (SSSR count).